The molecule has 172 valence electrons. The first-order valence-electron chi connectivity index (χ1n) is 10.6. The first kappa shape index (κ1) is 22.2. The van der Waals surface area contributed by atoms with E-state index in [1.807, 2.05) is 43.3 Å². The van der Waals surface area contributed by atoms with Gasteiger partial charge in [-0.15, -0.1) is 5.10 Å². The SMILES string of the molecule is CC(=O)c1cc(Cl)c(-n2cnc3cc(Nc4ccc(C)nn4)ccc32)nc1-n1nc(C#N)cc1C. The Morgan fingerprint density at radius 3 is 2.60 bits per heavy atom. The first-order chi connectivity index (χ1) is 16.8. The number of nitrogens with zero attached hydrogens (tertiary/aromatic N) is 8. The first-order valence-corrected chi connectivity index (χ1v) is 11.0. The number of ketones is 1. The Morgan fingerprint density at radius 1 is 1.09 bits per heavy atom. The summed E-state index contributed by atoms with van der Waals surface area (Å²) in [4.78, 5) is 21.5. The van der Waals surface area contributed by atoms with Gasteiger partial charge in [0.2, 0.25) is 0 Å². The fourth-order valence-electron chi connectivity index (χ4n) is 3.68. The van der Waals surface area contributed by atoms with Gasteiger partial charge in [0.05, 0.1) is 27.3 Å². The molecule has 0 saturated carbocycles. The van der Waals surface area contributed by atoms with Crippen molar-refractivity contribution >= 4 is 39.9 Å². The lowest BCUT2D eigenvalue weighted by molar-refractivity contribution is 0.101. The van der Waals surface area contributed by atoms with Gasteiger partial charge in [0, 0.05) is 11.4 Å². The number of fused-ring (bicyclic) bond motifs is 1. The molecular formula is C24H18ClN9O. The number of hydrogen-bond acceptors (Lipinski definition) is 8. The van der Waals surface area contributed by atoms with E-state index >= 15 is 0 Å². The molecule has 0 spiro atoms. The minimum absolute atomic E-state index is 0.222. The molecule has 0 amide bonds. The van der Waals surface area contributed by atoms with Crippen LogP contribution in [0.3, 0.4) is 0 Å². The highest BCUT2D eigenvalue weighted by molar-refractivity contribution is 6.32. The van der Waals surface area contributed by atoms with E-state index in [2.05, 4.69) is 25.6 Å². The predicted octanol–water partition coefficient (Wildman–Crippen LogP) is 4.48. The van der Waals surface area contributed by atoms with Gasteiger partial charge in [-0.1, -0.05) is 11.6 Å². The number of pyridine rings is 1. The molecule has 11 heteroatoms. The lowest BCUT2D eigenvalue weighted by atomic mass is 10.2. The highest BCUT2D eigenvalue weighted by atomic mass is 35.5. The number of nitriles is 1. The van der Waals surface area contributed by atoms with E-state index in [-0.39, 0.29) is 22.3 Å². The van der Waals surface area contributed by atoms with Gasteiger partial charge in [-0.3, -0.25) is 9.36 Å². The normalized spacial score (nSPS) is 10.9. The van der Waals surface area contributed by atoms with Gasteiger partial charge in [-0.05, 0) is 63.2 Å². The Labute approximate surface area is 204 Å². The highest BCUT2D eigenvalue weighted by Gasteiger charge is 2.20. The van der Waals surface area contributed by atoms with Crippen molar-refractivity contribution in [2.45, 2.75) is 20.8 Å². The van der Waals surface area contributed by atoms with Gasteiger partial charge >= 0.3 is 0 Å². The second-order valence-electron chi connectivity index (χ2n) is 7.92. The van der Waals surface area contributed by atoms with Crippen LogP contribution in [0.2, 0.25) is 5.02 Å². The van der Waals surface area contributed by atoms with Crippen LogP contribution in [0, 0.1) is 25.2 Å². The number of anilines is 2. The molecule has 4 heterocycles. The number of Topliss-reactive ketones (excluding diaryl/α,β-unsaturated/α-hetero) is 1. The number of aromatic nitrogens is 7. The zero-order chi connectivity index (χ0) is 24.7. The third kappa shape index (κ3) is 4.09. The number of rotatable bonds is 5. The van der Waals surface area contributed by atoms with Crippen LogP contribution in [0.25, 0.3) is 22.7 Å². The summed E-state index contributed by atoms with van der Waals surface area (Å²) in [5, 5.41) is 25.2. The van der Waals surface area contributed by atoms with Gasteiger partial charge in [-0.25, -0.2) is 14.6 Å². The molecule has 0 bridgehead atoms. The van der Waals surface area contributed by atoms with Crippen molar-refractivity contribution in [1.82, 2.24) is 34.5 Å². The summed E-state index contributed by atoms with van der Waals surface area (Å²) in [7, 11) is 0. The maximum atomic E-state index is 12.4. The molecule has 0 aliphatic heterocycles. The smallest absolute Gasteiger partial charge is 0.166 e. The second kappa shape index (κ2) is 8.62. The monoisotopic (exact) mass is 483 g/mol. The summed E-state index contributed by atoms with van der Waals surface area (Å²) in [5.41, 5.74) is 4.27. The van der Waals surface area contributed by atoms with Crippen molar-refractivity contribution in [1.29, 1.82) is 5.26 Å². The number of nitrogens with one attached hydrogen (secondary N) is 1. The molecule has 1 N–H and O–H groups in total. The van der Waals surface area contributed by atoms with Crippen LogP contribution in [-0.4, -0.2) is 40.3 Å². The Bertz CT molecular complexity index is 1640. The fraction of sp³-hybridized carbons (Fsp3) is 0.125. The van der Waals surface area contributed by atoms with Gasteiger partial charge in [0.15, 0.2) is 28.9 Å². The van der Waals surface area contributed by atoms with Crippen molar-refractivity contribution in [2.75, 3.05) is 5.32 Å². The van der Waals surface area contributed by atoms with E-state index in [9.17, 15) is 10.1 Å². The molecule has 5 aromatic rings. The molecule has 0 unspecified atom stereocenters. The second-order valence-corrected chi connectivity index (χ2v) is 8.33. The molecule has 5 rings (SSSR count). The largest absolute Gasteiger partial charge is 0.339 e. The lowest BCUT2D eigenvalue weighted by Gasteiger charge is -2.13. The summed E-state index contributed by atoms with van der Waals surface area (Å²) in [6.07, 6.45) is 1.61. The van der Waals surface area contributed by atoms with Gasteiger partial charge in [0.1, 0.15) is 12.4 Å². The quantitative estimate of drug-likeness (QED) is 0.362. The molecule has 0 aliphatic rings. The van der Waals surface area contributed by atoms with Gasteiger partial charge in [0.25, 0.3) is 0 Å². The van der Waals surface area contributed by atoms with Crippen molar-refractivity contribution in [3.8, 4) is 17.7 Å². The minimum atomic E-state index is -0.222. The standard InChI is InChI=1S/C24H18ClN9O/c1-13-4-7-22(31-30-13)28-16-5-6-21-20(9-16)27-12-33(21)24-19(25)10-18(15(3)35)23(29-24)34-14(2)8-17(11-26)32-34/h4-10,12H,1-3H3,(H,28,31). The van der Waals surface area contributed by atoms with Crippen molar-refractivity contribution < 1.29 is 4.79 Å². The minimum Gasteiger partial charge on any atom is -0.339 e. The Hall–Kier alpha value is -4.62. The molecule has 35 heavy (non-hydrogen) atoms. The van der Waals surface area contributed by atoms with Crippen molar-refractivity contribution in [2.24, 2.45) is 0 Å². The summed E-state index contributed by atoms with van der Waals surface area (Å²) >= 11 is 6.58. The Morgan fingerprint density at radius 2 is 1.91 bits per heavy atom. The molecule has 0 radical (unpaired) electrons. The molecule has 0 atom stereocenters. The average Bonchev–Trinajstić information content (AvgIpc) is 3.43. The fourth-order valence-corrected chi connectivity index (χ4v) is 3.92. The van der Waals surface area contributed by atoms with Crippen LogP contribution < -0.4 is 5.32 Å². The van der Waals surface area contributed by atoms with Crippen LogP contribution in [0.5, 0.6) is 0 Å². The molecule has 10 nitrogen and oxygen atoms in total. The molecule has 0 fully saturated rings. The Balaban J connectivity index is 1.59. The van der Waals surface area contributed by atoms with Crippen LogP contribution in [0.1, 0.15) is 34.4 Å². The molecule has 0 aliphatic carbocycles. The Kier molecular flexibility index (Phi) is 5.47. The average molecular weight is 484 g/mol. The topological polar surface area (TPSA) is 127 Å². The third-order valence-electron chi connectivity index (χ3n) is 5.36. The maximum absolute atomic E-state index is 12.4. The predicted molar refractivity (Wildman–Crippen MR) is 131 cm³/mol. The number of imidazole rings is 1. The molecular weight excluding hydrogens is 466 g/mol. The van der Waals surface area contributed by atoms with E-state index in [0.717, 1.165) is 16.9 Å². The maximum Gasteiger partial charge on any atom is 0.166 e. The number of hydrogen-bond donors (Lipinski definition) is 1. The molecule has 1 aromatic carbocycles. The molecule has 0 saturated heterocycles. The van der Waals surface area contributed by atoms with Crippen molar-refractivity contribution in [3.63, 3.8) is 0 Å². The van der Waals surface area contributed by atoms with E-state index in [1.165, 1.54) is 11.6 Å². The van der Waals surface area contributed by atoms with E-state index in [1.54, 1.807) is 30.0 Å². The van der Waals surface area contributed by atoms with Crippen LogP contribution >= 0.6 is 11.6 Å². The zero-order valence-electron chi connectivity index (χ0n) is 19.0. The summed E-state index contributed by atoms with van der Waals surface area (Å²) < 4.78 is 3.21. The van der Waals surface area contributed by atoms with Crippen LogP contribution in [0.4, 0.5) is 11.5 Å². The van der Waals surface area contributed by atoms with E-state index in [0.29, 0.717) is 28.4 Å². The molecule has 4 aromatic heterocycles. The number of carbonyl (C=O) groups is 1. The number of carbonyl (C=O) groups excluding carboxylic acids is 1. The number of benzene rings is 1. The summed E-state index contributed by atoms with van der Waals surface area (Å²) in [6, 6.07) is 14.6. The lowest BCUT2D eigenvalue weighted by Crippen LogP contribution is -2.12. The van der Waals surface area contributed by atoms with Gasteiger partial charge in [-0.2, -0.15) is 15.5 Å². The van der Waals surface area contributed by atoms with E-state index in [4.69, 9.17) is 16.6 Å². The van der Waals surface area contributed by atoms with Crippen LogP contribution in [-0.2, 0) is 0 Å². The third-order valence-corrected chi connectivity index (χ3v) is 5.64. The number of aryl methyl sites for hydroxylation is 2. The van der Waals surface area contributed by atoms with E-state index < -0.39 is 0 Å². The van der Waals surface area contributed by atoms with Crippen LogP contribution in [0.15, 0.2) is 48.8 Å². The van der Waals surface area contributed by atoms with Gasteiger partial charge < -0.3 is 5.32 Å². The zero-order valence-corrected chi connectivity index (χ0v) is 19.7. The summed E-state index contributed by atoms with van der Waals surface area (Å²) in [5.74, 6) is 1.07. The highest BCUT2D eigenvalue weighted by Crippen LogP contribution is 2.29. The summed E-state index contributed by atoms with van der Waals surface area (Å²) in [6.45, 7) is 5.09. The van der Waals surface area contributed by atoms with Crippen molar-refractivity contribution in [3.05, 3.63) is 76.5 Å². The number of halogens is 1.